The van der Waals surface area contributed by atoms with Crippen molar-refractivity contribution in [1.82, 2.24) is 5.32 Å². The molecule has 1 aromatic carbocycles. The Morgan fingerprint density at radius 3 is 2.42 bits per heavy atom. The molecule has 0 spiro atoms. The number of hydrogen-bond donors (Lipinski definition) is 2. The summed E-state index contributed by atoms with van der Waals surface area (Å²) in [5, 5.41) is 2.94. The molecular weight excluding hydrogens is 260 g/mol. The van der Waals surface area contributed by atoms with Crippen LogP contribution in [0.1, 0.15) is 37.0 Å². The van der Waals surface area contributed by atoms with Crippen molar-refractivity contribution in [1.29, 1.82) is 0 Å². The number of thiocarbonyl (C=S) groups is 1. The molecule has 0 aliphatic heterocycles. The Hall–Kier alpha value is -1.62. The number of rotatable bonds is 6. The fraction of sp³-hybridized carbons (Fsp3) is 0.429. The summed E-state index contributed by atoms with van der Waals surface area (Å²) < 4.78 is 5.18. The number of benzene rings is 1. The van der Waals surface area contributed by atoms with E-state index in [0.29, 0.717) is 29.1 Å². The van der Waals surface area contributed by atoms with E-state index in [1.807, 2.05) is 19.9 Å². The van der Waals surface area contributed by atoms with Crippen LogP contribution in [-0.2, 0) is 0 Å². The van der Waals surface area contributed by atoms with Gasteiger partial charge >= 0.3 is 0 Å². The topological polar surface area (TPSA) is 64.3 Å². The van der Waals surface area contributed by atoms with E-state index in [0.717, 1.165) is 0 Å². The average molecular weight is 280 g/mol. The first kappa shape index (κ1) is 15.4. The van der Waals surface area contributed by atoms with Crippen LogP contribution < -0.4 is 15.8 Å². The molecule has 0 fully saturated rings. The molecule has 3 N–H and O–H groups in total. The Morgan fingerprint density at radius 2 is 1.95 bits per heavy atom. The van der Waals surface area contributed by atoms with Crippen LogP contribution in [0.4, 0.5) is 0 Å². The van der Waals surface area contributed by atoms with Crippen molar-refractivity contribution in [3.8, 4) is 5.75 Å². The van der Waals surface area contributed by atoms with Crippen molar-refractivity contribution in [3.63, 3.8) is 0 Å². The van der Waals surface area contributed by atoms with E-state index in [2.05, 4.69) is 5.32 Å². The van der Waals surface area contributed by atoms with Gasteiger partial charge in [-0.05, 0) is 25.0 Å². The molecule has 0 saturated heterocycles. The third-order valence-electron chi connectivity index (χ3n) is 3.38. The molecule has 0 aromatic heterocycles. The zero-order chi connectivity index (χ0) is 14.5. The lowest BCUT2D eigenvalue weighted by Crippen LogP contribution is -2.56. The first-order chi connectivity index (χ1) is 9.00. The van der Waals surface area contributed by atoms with Crippen LogP contribution in [0.3, 0.4) is 0 Å². The number of methoxy groups -OCH3 is 1. The predicted octanol–water partition coefficient (Wildman–Crippen LogP) is 2.27. The fourth-order valence-electron chi connectivity index (χ4n) is 1.95. The highest BCUT2D eigenvalue weighted by atomic mass is 32.1. The monoisotopic (exact) mass is 280 g/mol. The molecule has 19 heavy (non-hydrogen) atoms. The van der Waals surface area contributed by atoms with Gasteiger partial charge in [-0.25, -0.2) is 0 Å². The molecule has 104 valence electrons. The van der Waals surface area contributed by atoms with Crippen LogP contribution >= 0.6 is 12.2 Å². The van der Waals surface area contributed by atoms with E-state index in [1.54, 1.807) is 18.2 Å². The third kappa shape index (κ3) is 3.23. The summed E-state index contributed by atoms with van der Waals surface area (Å²) in [5.74, 6) is 0.304. The van der Waals surface area contributed by atoms with Crippen LogP contribution in [0.2, 0.25) is 0 Å². The number of hydrogen-bond acceptors (Lipinski definition) is 3. The smallest absolute Gasteiger partial charge is 0.255 e. The zero-order valence-electron chi connectivity index (χ0n) is 11.5. The van der Waals surface area contributed by atoms with Gasteiger partial charge in [-0.1, -0.05) is 38.2 Å². The minimum absolute atomic E-state index is 0.228. The maximum Gasteiger partial charge on any atom is 0.255 e. The quantitative estimate of drug-likeness (QED) is 0.785. The molecule has 4 nitrogen and oxygen atoms in total. The van der Waals surface area contributed by atoms with Crippen molar-refractivity contribution in [2.75, 3.05) is 7.11 Å². The van der Waals surface area contributed by atoms with Gasteiger partial charge in [-0.15, -0.1) is 0 Å². The van der Waals surface area contributed by atoms with Crippen LogP contribution in [-0.4, -0.2) is 23.5 Å². The van der Waals surface area contributed by atoms with Gasteiger partial charge in [-0.2, -0.15) is 0 Å². The van der Waals surface area contributed by atoms with Crippen molar-refractivity contribution in [3.05, 3.63) is 29.8 Å². The molecule has 0 saturated carbocycles. The van der Waals surface area contributed by atoms with Gasteiger partial charge in [0.25, 0.3) is 5.91 Å². The van der Waals surface area contributed by atoms with Crippen LogP contribution in [0.15, 0.2) is 24.3 Å². The van der Waals surface area contributed by atoms with Crippen molar-refractivity contribution >= 4 is 23.1 Å². The molecule has 0 aliphatic carbocycles. The SMILES string of the molecule is CCC(CC)(NC(=O)c1ccccc1OC)C(N)=S. The first-order valence-corrected chi connectivity index (χ1v) is 6.67. The highest BCUT2D eigenvalue weighted by molar-refractivity contribution is 7.80. The van der Waals surface area contributed by atoms with Crippen LogP contribution in [0.5, 0.6) is 5.75 Å². The number of carbonyl (C=O) groups excluding carboxylic acids is 1. The summed E-state index contributed by atoms with van der Waals surface area (Å²) >= 11 is 5.09. The molecule has 1 aromatic rings. The maximum atomic E-state index is 12.4. The lowest BCUT2D eigenvalue weighted by atomic mass is 9.92. The fourth-order valence-corrected chi connectivity index (χ4v) is 2.29. The Bertz CT molecular complexity index is 470. The Labute approximate surface area is 119 Å². The van der Waals surface area contributed by atoms with E-state index in [1.165, 1.54) is 7.11 Å². The summed E-state index contributed by atoms with van der Waals surface area (Å²) in [7, 11) is 1.53. The largest absolute Gasteiger partial charge is 0.496 e. The molecule has 0 unspecified atom stereocenters. The number of ether oxygens (including phenoxy) is 1. The lowest BCUT2D eigenvalue weighted by molar-refractivity contribution is 0.0917. The molecule has 0 heterocycles. The number of para-hydroxylation sites is 1. The highest BCUT2D eigenvalue weighted by Gasteiger charge is 2.32. The minimum Gasteiger partial charge on any atom is -0.496 e. The van der Waals surface area contributed by atoms with Gasteiger partial charge in [0.1, 0.15) is 5.75 Å². The second-order valence-corrected chi connectivity index (χ2v) is 4.75. The summed E-state index contributed by atoms with van der Waals surface area (Å²) in [5.41, 5.74) is 5.61. The third-order valence-corrected chi connectivity index (χ3v) is 3.77. The van der Waals surface area contributed by atoms with Gasteiger partial charge < -0.3 is 15.8 Å². The molecule has 0 bridgehead atoms. The van der Waals surface area contributed by atoms with Gasteiger partial charge in [-0.3, -0.25) is 4.79 Å². The van der Waals surface area contributed by atoms with Gasteiger partial charge in [0, 0.05) is 0 Å². The molecule has 1 rings (SSSR count). The second kappa shape index (κ2) is 6.52. The molecule has 1 amide bonds. The van der Waals surface area contributed by atoms with Gasteiger partial charge in [0.05, 0.1) is 23.2 Å². The number of carbonyl (C=O) groups is 1. The summed E-state index contributed by atoms with van der Waals surface area (Å²) in [4.78, 5) is 12.7. The Morgan fingerprint density at radius 1 is 1.37 bits per heavy atom. The first-order valence-electron chi connectivity index (χ1n) is 6.26. The van der Waals surface area contributed by atoms with E-state index >= 15 is 0 Å². The molecule has 0 atom stereocenters. The Balaban J connectivity index is 3.04. The predicted molar refractivity (Wildman–Crippen MR) is 80.6 cm³/mol. The van der Waals surface area contributed by atoms with Crippen molar-refractivity contribution in [2.24, 2.45) is 5.73 Å². The van der Waals surface area contributed by atoms with E-state index < -0.39 is 5.54 Å². The molecular formula is C14H20N2O2S. The van der Waals surface area contributed by atoms with E-state index in [-0.39, 0.29) is 5.91 Å². The zero-order valence-corrected chi connectivity index (χ0v) is 12.3. The van der Waals surface area contributed by atoms with Gasteiger partial charge in [0.2, 0.25) is 0 Å². The summed E-state index contributed by atoms with van der Waals surface area (Å²) in [6, 6.07) is 7.06. The van der Waals surface area contributed by atoms with E-state index in [9.17, 15) is 4.79 Å². The van der Waals surface area contributed by atoms with E-state index in [4.69, 9.17) is 22.7 Å². The van der Waals surface area contributed by atoms with Crippen molar-refractivity contribution in [2.45, 2.75) is 32.2 Å². The summed E-state index contributed by atoms with van der Waals surface area (Å²) in [6.45, 7) is 3.90. The molecule has 0 radical (unpaired) electrons. The number of amides is 1. The Kier molecular flexibility index (Phi) is 5.30. The van der Waals surface area contributed by atoms with Crippen LogP contribution in [0, 0.1) is 0 Å². The molecule has 5 heteroatoms. The highest BCUT2D eigenvalue weighted by Crippen LogP contribution is 2.21. The number of nitrogens with two attached hydrogens (primary N) is 1. The normalized spacial score (nSPS) is 10.9. The summed E-state index contributed by atoms with van der Waals surface area (Å²) in [6.07, 6.45) is 1.31. The van der Waals surface area contributed by atoms with Crippen LogP contribution in [0.25, 0.3) is 0 Å². The average Bonchev–Trinajstić information content (AvgIpc) is 2.44. The molecule has 0 aliphatic rings. The second-order valence-electron chi connectivity index (χ2n) is 4.31. The van der Waals surface area contributed by atoms with Gasteiger partial charge in [0.15, 0.2) is 0 Å². The van der Waals surface area contributed by atoms with Crippen molar-refractivity contribution < 1.29 is 9.53 Å². The number of nitrogens with one attached hydrogen (secondary N) is 1. The standard InChI is InChI=1S/C14H20N2O2S/c1-4-14(5-2,13(15)19)16-12(17)10-8-6-7-9-11(10)18-3/h6-9H,4-5H2,1-3H3,(H2,15,19)(H,16,17). The lowest BCUT2D eigenvalue weighted by Gasteiger charge is -2.31. The minimum atomic E-state index is -0.646. The maximum absolute atomic E-state index is 12.4.